The molecule has 0 radical (unpaired) electrons. The van der Waals surface area contributed by atoms with Gasteiger partial charge in [0.1, 0.15) is 0 Å². The summed E-state index contributed by atoms with van der Waals surface area (Å²) in [4.78, 5) is 23.5. The Balaban J connectivity index is 2.63. The van der Waals surface area contributed by atoms with Gasteiger partial charge in [0.15, 0.2) is 5.78 Å². The normalized spacial score (nSPS) is 23.2. The Hall–Kier alpha value is -1.06. The zero-order valence-electron chi connectivity index (χ0n) is 7.25. The standard InChI is InChI=1S/C8H14N2O2/c1-2-3-6-7(11)4-5-10(6)8(9)12/h6H,2-5H2,1H3,(H2,9,12). The molecule has 0 saturated carbocycles. The summed E-state index contributed by atoms with van der Waals surface area (Å²) in [5, 5.41) is 0. The van der Waals surface area contributed by atoms with E-state index < -0.39 is 6.03 Å². The van der Waals surface area contributed by atoms with Crippen LogP contribution in [0.5, 0.6) is 0 Å². The molecule has 1 rings (SSSR count). The summed E-state index contributed by atoms with van der Waals surface area (Å²) < 4.78 is 0. The predicted octanol–water partition coefficient (Wildman–Crippen LogP) is 0.509. The van der Waals surface area contributed by atoms with Crippen molar-refractivity contribution >= 4 is 11.8 Å². The fourth-order valence-corrected chi connectivity index (χ4v) is 1.58. The van der Waals surface area contributed by atoms with Crippen LogP contribution >= 0.6 is 0 Å². The van der Waals surface area contributed by atoms with E-state index in [1.54, 1.807) is 0 Å². The quantitative estimate of drug-likeness (QED) is 0.656. The first-order valence-corrected chi connectivity index (χ1v) is 4.25. The lowest BCUT2D eigenvalue weighted by molar-refractivity contribution is -0.119. The molecule has 4 nitrogen and oxygen atoms in total. The van der Waals surface area contributed by atoms with E-state index in [-0.39, 0.29) is 11.8 Å². The molecule has 0 aromatic carbocycles. The molecule has 12 heavy (non-hydrogen) atoms. The molecule has 0 aromatic heterocycles. The van der Waals surface area contributed by atoms with E-state index in [1.165, 1.54) is 4.90 Å². The summed E-state index contributed by atoms with van der Waals surface area (Å²) >= 11 is 0. The maximum Gasteiger partial charge on any atom is 0.315 e. The Kier molecular flexibility index (Phi) is 2.68. The van der Waals surface area contributed by atoms with E-state index in [9.17, 15) is 9.59 Å². The second-order valence-electron chi connectivity index (χ2n) is 3.05. The number of urea groups is 1. The molecule has 68 valence electrons. The van der Waals surface area contributed by atoms with Crippen LogP contribution in [0.2, 0.25) is 0 Å². The molecule has 1 aliphatic rings. The SMILES string of the molecule is CCCC1C(=O)CCN1C(N)=O. The van der Waals surface area contributed by atoms with Crippen LogP contribution in [0.15, 0.2) is 0 Å². The van der Waals surface area contributed by atoms with Crippen molar-refractivity contribution in [3.8, 4) is 0 Å². The van der Waals surface area contributed by atoms with Crippen LogP contribution in [0, 0.1) is 0 Å². The van der Waals surface area contributed by atoms with Crippen LogP contribution in [-0.4, -0.2) is 29.3 Å². The maximum absolute atomic E-state index is 11.2. The number of nitrogens with two attached hydrogens (primary N) is 1. The summed E-state index contributed by atoms with van der Waals surface area (Å²) in [6.45, 7) is 2.49. The summed E-state index contributed by atoms with van der Waals surface area (Å²) in [7, 11) is 0. The third-order valence-electron chi connectivity index (χ3n) is 2.19. The van der Waals surface area contributed by atoms with E-state index in [2.05, 4.69) is 0 Å². The van der Waals surface area contributed by atoms with Crippen molar-refractivity contribution in [2.45, 2.75) is 32.2 Å². The van der Waals surface area contributed by atoms with Crippen molar-refractivity contribution < 1.29 is 9.59 Å². The Labute approximate surface area is 71.7 Å². The molecule has 4 heteroatoms. The van der Waals surface area contributed by atoms with Crippen molar-refractivity contribution in [2.24, 2.45) is 5.73 Å². The lowest BCUT2D eigenvalue weighted by Gasteiger charge is -2.20. The van der Waals surface area contributed by atoms with Crippen molar-refractivity contribution in [2.75, 3.05) is 6.54 Å². The monoisotopic (exact) mass is 170 g/mol. The first-order chi connectivity index (χ1) is 5.66. The average Bonchev–Trinajstić information content (AvgIpc) is 2.34. The number of likely N-dealkylation sites (tertiary alicyclic amines) is 1. The molecule has 2 amide bonds. The Morgan fingerprint density at radius 2 is 2.42 bits per heavy atom. The predicted molar refractivity (Wildman–Crippen MR) is 44.6 cm³/mol. The number of amides is 2. The van der Waals surface area contributed by atoms with Crippen LogP contribution in [0.1, 0.15) is 26.2 Å². The highest BCUT2D eigenvalue weighted by Crippen LogP contribution is 2.17. The van der Waals surface area contributed by atoms with Gasteiger partial charge in [-0.2, -0.15) is 0 Å². The van der Waals surface area contributed by atoms with Crippen molar-refractivity contribution in [1.29, 1.82) is 0 Å². The van der Waals surface area contributed by atoms with Crippen molar-refractivity contribution in [3.05, 3.63) is 0 Å². The van der Waals surface area contributed by atoms with Gasteiger partial charge in [0.05, 0.1) is 6.04 Å². The summed E-state index contributed by atoms with van der Waals surface area (Å²) in [5.41, 5.74) is 5.12. The minimum absolute atomic E-state index is 0.149. The third-order valence-corrected chi connectivity index (χ3v) is 2.19. The fraction of sp³-hybridized carbons (Fsp3) is 0.750. The lowest BCUT2D eigenvalue weighted by atomic mass is 10.1. The number of rotatable bonds is 2. The Bertz CT molecular complexity index is 203. The zero-order valence-corrected chi connectivity index (χ0v) is 7.25. The van der Waals surface area contributed by atoms with Gasteiger partial charge in [-0.25, -0.2) is 4.79 Å². The number of primary amides is 1. The summed E-state index contributed by atoms with van der Waals surface area (Å²) in [6, 6.07) is -0.716. The Morgan fingerprint density at radius 1 is 1.75 bits per heavy atom. The molecular formula is C8H14N2O2. The minimum Gasteiger partial charge on any atom is -0.351 e. The second kappa shape index (κ2) is 3.56. The van der Waals surface area contributed by atoms with Gasteiger partial charge in [-0.05, 0) is 6.42 Å². The van der Waals surface area contributed by atoms with Crippen molar-refractivity contribution in [3.63, 3.8) is 0 Å². The van der Waals surface area contributed by atoms with Gasteiger partial charge in [0.2, 0.25) is 0 Å². The number of Topliss-reactive ketones (excluding diaryl/α,β-unsaturated/α-hetero) is 1. The maximum atomic E-state index is 11.2. The smallest absolute Gasteiger partial charge is 0.315 e. The summed E-state index contributed by atoms with van der Waals surface area (Å²) in [6.07, 6.45) is 2.11. The Morgan fingerprint density at radius 3 is 2.92 bits per heavy atom. The van der Waals surface area contributed by atoms with E-state index in [1.807, 2.05) is 6.92 Å². The molecule has 0 aliphatic carbocycles. The molecule has 2 N–H and O–H groups in total. The number of hydrogen-bond donors (Lipinski definition) is 1. The van der Waals surface area contributed by atoms with Crippen LogP contribution in [0.25, 0.3) is 0 Å². The van der Waals surface area contributed by atoms with Gasteiger partial charge in [0, 0.05) is 13.0 Å². The highest BCUT2D eigenvalue weighted by molar-refractivity contribution is 5.91. The number of carbonyl (C=O) groups is 2. The highest BCUT2D eigenvalue weighted by Gasteiger charge is 2.33. The molecule has 1 fully saturated rings. The topological polar surface area (TPSA) is 63.4 Å². The molecule has 1 unspecified atom stereocenters. The van der Waals surface area contributed by atoms with E-state index in [0.29, 0.717) is 13.0 Å². The van der Waals surface area contributed by atoms with Gasteiger partial charge >= 0.3 is 6.03 Å². The summed E-state index contributed by atoms with van der Waals surface area (Å²) in [5.74, 6) is 0.149. The number of carbonyl (C=O) groups excluding carboxylic acids is 2. The number of nitrogens with zero attached hydrogens (tertiary/aromatic N) is 1. The molecular weight excluding hydrogens is 156 g/mol. The average molecular weight is 170 g/mol. The van der Waals surface area contributed by atoms with Gasteiger partial charge < -0.3 is 10.6 Å². The van der Waals surface area contributed by atoms with Crippen LogP contribution in [0.4, 0.5) is 4.79 Å². The van der Waals surface area contributed by atoms with Gasteiger partial charge in [0.25, 0.3) is 0 Å². The van der Waals surface area contributed by atoms with Crippen LogP contribution in [0.3, 0.4) is 0 Å². The first-order valence-electron chi connectivity index (χ1n) is 4.25. The van der Waals surface area contributed by atoms with Gasteiger partial charge in [-0.1, -0.05) is 13.3 Å². The molecule has 0 aromatic rings. The second-order valence-corrected chi connectivity index (χ2v) is 3.05. The highest BCUT2D eigenvalue weighted by atomic mass is 16.2. The zero-order chi connectivity index (χ0) is 9.14. The van der Waals surface area contributed by atoms with Crippen LogP contribution in [-0.2, 0) is 4.79 Å². The van der Waals surface area contributed by atoms with Gasteiger partial charge in [-0.15, -0.1) is 0 Å². The number of ketones is 1. The van der Waals surface area contributed by atoms with E-state index in [0.717, 1.165) is 12.8 Å². The molecule has 0 spiro atoms. The van der Waals surface area contributed by atoms with E-state index in [4.69, 9.17) is 5.73 Å². The molecule has 1 aliphatic heterocycles. The first kappa shape index (κ1) is 9.03. The molecule has 1 atom stereocenters. The largest absolute Gasteiger partial charge is 0.351 e. The third kappa shape index (κ3) is 1.57. The number of hydrogen-bond acceptors (Lipinski definition) is 2. The minimum atomic E-state index is -0.473. The van der Waals surface area contributed by atoms with E-state index >= 15 is 0 Å². The van der Waals surface area contributed by atoms with Crippen LogP contribution < -0.4 is 5.73 Å². The van der Waals surface area contributed by atoms with Gasteiger partial charge in [-0.3, -0.25) is 4.79 Å². The fourth-order valence-electron chi connectivity index (χ4n) is 1.58. The lowest BCUT2D eigenvalue weighted by Crippen LogP contribution is -2.41. The molecule has 1 heterocycles. The molecule has 0 bridgehead atoms. The molecule has 1 saturated heterocycles. The van der Waals surface area contributed by atoms with Crippen molar-refractivity contribution in [1.82, 2.24) is 4.90 Å².